The molecule has 0 aliphatic rings. The highest BCUT2D eigenvalue weighted by Crippen LogP contribution is 2.16. The number of phenols is 1. The Morgan fingerprint density at radius 2 is 1.48 bits per heavy atom. The van der Waals surface area contributed by atoms with Gasteiger partial charge in [0.25, 0.3) is 5.91 Å². The summed E-state index contributed by atoms with van der Waals surface area (Å²) in [6.45, 7) is 0. The van der Waals surface area contributed by atoms with E-state index in [1.54, 1.807) is 6.21 Å². The van der Waals surface area contributed by atoms with Crippen molar-refractivity contribution in [3.8, 4) is 5.75 Å². The number of aromatic hydroxyl groups is 1. The van der Waals surface area contributed by atoms with Gasteiger partial charge in [-0.3, -0.25) is 4.79 Å². The number of carbonyl (C=O) groups is 1. The van der Waals surface area contributed by atoms with Crippen LogP contribution in [0.5, 0.6) is 5.75 Å². The molecule has 1 amide bonds. The fraction of sp³-hybridized carbons (Fsp3) is 0. The van der Waals surface area contributed by atoms with Crippen molar-refractivity contribution in [2.24, 2.45) is 5.10 Å². The maximum Gasteiger partial charge on any atom is 0.271 e. The van der Waals surface area contributed by atoms with Crippen LogP contribution in [0.2, 0.25) is 0 Å². The zero-order valence-electron chi connectivity index (χ0n) is 13.4. The smallest absolute Gasteiger partial charge is 0.271 e. The van der Waals surface area contributed by atoms with Crippen molar-refractivity contribution < 1.29 is 9.90 Å². The van der Waals surface area contributed by atoms with E-state index in [0.717, 1.165) is 16.9 Å². The van der Waals surface area contributed by atoms with Gasteiger partial charge < -0.3 is 10.4 Å². The zero-order chi connectivity index (χ0) is 17.5. The van der Waals surface area contributed by atoms with Gasteiger partial charge in [-0.1, -0.05) is 30.3 Å². The molecule has 0 aliphatic carbocycles. The third-order valence-electron chi connectivity index (χ3n) is 3.48. The van der Waals surface area contributed by atoms with E-state index in [1.165, 1.54) is 24.3 Å². The van der Waals surface area contributed by atoms with Gasteiger partial charge in [-0.05, 0) is 54.1 Å². The van der Waals surface area contributed by atoms with Crippen LogP contribution in [0.25, 0.3) is 0 Å². The van der Waals surface area contributed by atoms with Crippen molar-refractivity contribution in [1.29, 1.82) is 0 Å². The molecule has 3 aromatic carbocycles. The molecule has 5 heteroatoms. The average Bonchev–Trinajstić information content (AvgIpc) is 2.64. The Bertz CT molecular complexity index is 858. The van der Waals surface area contributed by atoms with Crippen LogP contribution in [-0.2, 0) is 0 Å². The number of nitrogens with zero attached hydrogens (tertiary/aromatic N) is 1. The molecule has 25 heavy (non-hydrogen) atoms. The number of hydrazone groups is 1. The van der Waals surface area contributed by atoms with E-state index in [2.05, 4.69) is 15.8 Å². The summed E-state index contributed by atoms with van der Waals surface area (Å²) >= 11 is 0. The van der Waals surface area contributed by atoms with Crippen LogP contribution >= 0.6 is 0 Å². The first-order valence-corrected chi connectivity index (χ1v) is 7.75. The number of anilines is 2. The SMILES string of the molecule is O=C(N/N=C\c1ccc(Nc2ccccc2)cc1)c1ccc(O)cc1. The van der Waals surface area contributed by atoms with Gasteiger partial charge >= 0.3 is 0 Å². The number of rotatable bonds is 5. The van der Waals surface area contributed by atoms with Gasteiger partial charge in [0.05, 0.1) is 6.21 Å². The van der Waals surface area contributed by atoms with Crippen LogP contribution in [0.3, 0.4) is 0 Å². The van der Waals surface area contributed by atoms with Crippen LogP contribution in [0.15, 0.2) is 84.0 Å². The number of amides is 1. The molecule has 5 nitrogen and oxygen atoms in total. The summed E-state index contributed by atoms with van der Waals surface area (Å²) in [6, 6.07) is 23.6. The van der Waals surface area contributed by atoms with Crippen LogP contribution in [-0.4, -0.2) is 17.2 Å². The Kier molecular flexibility index (Phi) is 5.07. The van der Waals surface area contributed by atoms with Crippen LogP contribution < -0.4 is 10.7 Å². The number of phenolic OH excluding ortho intramolecular Hbond substituents is 1. The molecule has 0 atom stereocenters. The lowest BCUT2D eigenvalue weighted by molar-refractivity contribution is 0.0955. The highest BCUT2D eigenvalue weighted by Gasteiger charge is 2.03. The first kappa shape index (κ1) is 16.3. The number of carbonyl (C=O) groups excluding carboxylic acids is 1. The van der Waals surface area contributed by atoms with Gasteiger partial charge in [0.15, 0.2) is 0 Å². The molecule has 0 radical (unpaired) electrons. The minimum Gasteiger partial charge on any atom is -0.508 e. The molecule has 0 spiro atoms. The Morgan fingerprint density at radius 1 is 0.840 bits per heavy atom. The first-order valence-electron chi connectivity index (χ1n) is 7.75. The fourth-order valence-corrected chi connectivity index (χ4v) is 2.18. The number of nitrogens with one attached hydrogen (secondary N) is 2. The molecule has 0 heterocycles. The number of hydrogen-bond acceptors (Lipinski definition) is 4. The highest BCUT2D eigenvalue weighted by atomic mass is 16.3. The first-order chi connectivity index (χ1) is 12.2. The molecule has 0 unspecified atom stereocenters. The molecule has 0 bridgehead atoms. The van der Waals surface area contributed by atoms with Crippen LogP contribution in [0.1, 0.15) is 15.9 Å². The van der Waals surface area contributed by atoms with Gasteiger partial charge in [-0.25, -0.2) is 5.43 Å². The van der Waals surface area contributed by atoms with Gasteiger partial charge in [-0.2, -0.15) is 5.10 Å². The van der Waals surface area contributed by atoms with Gasteiger partial charge in [0, 0.05) is 16.9 Å². The summed E-state index contributed by atoms with van der Waals surface area (Å²) in [5, 5.41) is 16.5. The van der Waals surface area contributed by atoms with E-state index in [9.17, 15) is 9.90 Å². The molecule has 3 rings (SSSR count). The van der Waals surface area contributed by atoms with Crippen LogP contribution in [0.4, 0.5) is 11.4 Å². The molecule has 0 aromatic heterocycles. The summed E-state index contributed by atoms with van der Waals surface area (Å²) in [5.74, 6) is -0.220. The molecule has 0 fully saturated rings. The predicted octanol–water partition coefficient (Wildman–Crippen LogP) is 3.90. The van der Waals surface area contributed by atoms with Crippen molar-refractivity contribution in [3.63, 3.8) is 0 Å². The monoisotopic (exact) mass is 331 g/mol. The normalized spacial score (nSPS) is 10.6. The van der Waals surface area contributed by atoms with E-state index >= 15 is 0 Å². The predicted molar refractivity (Wildman–Crippen MR) is 99.3 cm³/mol. The maximum absolute atomic E-state index is 11.9. The second-order valence-electron chi connectivity index (χ2n) is 5.36. The summed E-state index contributed by atoms with van der Waals surface area (Å²) in [7, 11) is 0. The fourth-order valence-electron chi connectivity index (χ4n) is 2.18. The average molecular weight is 331 g/mol. The minimum absolute atomic E-state index is 0.115. The molecule has 3 aromatic rings. The molecular formula is C20H17N3O2. The molecule has 3 N–H and O–H groups in total. The topological polar surface area (TPSA) is 73.7 Å². The van der Waals surface area contributed by atoms with Crippen molar-refractivity contribution in [3.05, 3.63) is 90.0 Å². The van der Waals surface area contributed by atoms with Crippen molar-refractivity contribution in [2.45, 2.75) is 0 Å². The number of hydrogen-bond donors (Lipinski definition) is 3. The van der Waals surface area contributed by atoms with E-state index in [1.807, 2.05) is 54.6 Å². The molecule has 0 aliphatic heterocycles. The number of benzene rings is 3. The van der Waals surface area contributed by atoms with Crippen molar-refractivity contribution in [2.75, 3.05) is 5.32 Å². The second-order valence-corrected chi connectivity index (χ2v) is 5.36. The summed E-state index contributed by atoms with van der Waals surface area (Å²) < 4.78 is 0. The van der Waals surface area contributed by atoms with E-state index in [4.69, 9.17) is 0 Å². The third-order valence-corrected chi connectivity index (χ3v) is 3.48. The summed E-state index contributed by atoms with van der Waals surface area (Å²) in [6.07, 6.45) is 1.57. The lowest BCUT2D eigenvalue weighted by Crippen LogP contribution is -2.17. The highest BCUT2D eigenvalue weighted by molar-refractivity contribution is 5.95. The Balaban J connectivity index is 1.56. The van der Waals surface area contributed by atoms with Crippen LogP contribution in [0, 0.1) is 0 Å². The van der Waals surface area contributed by atoms with E-state index < -0.39 is 0 Å². The zero-order valence-corrected chi connectivity index (χ0v) is 13.4. The third kappa shape index (κ3) is 4.68. The summed E-state index contributed by atoms with van der Waals surface area (Å²) in [4.78, 5) is 11.9. The Hall–Kier alpha value is -3.60. The largest absolute Gasteiger partial charge is 0.508 e. The number of para-hydroxylation sites is 1. The van der Waals surface area contributed by atoms with Crippen molar-refractivity contribution in [1.82, 2.24) is 5.43 Å². The quantitative estimate of drug-likeness (QED) is 0.490. The van der Waals surface area contributed by atoms with E-state index in [0.29, 0.717) is 5.56 Å². The molecular weight excluding hydrogens is 314 g/mol. The molecule has 124 valence electrons. The summed E-state index contributed by atoms with van der Waals surface area (Å²) in [5.41, 5.74) is 5.74. The lowest BCUT2D eigenvalue weighted by Gasteiger charge is -2.06. The standard InChI is InChI=1S/C20H17N3O2/c24-19-12-8-16(9-13-19)20(25)23-21-14-15-6-10-18(11-7-15)22-17-4-2-1-3-5-17/h1-14,22,24H,(H,23,25)/b21-14-. The Labute approximate surface area is 145 Å². The van der Waals surface area contributed by atoms with Gasteiger partial charge in [0.1, 0.15) is 5.75 Å². The molecule has 0 saturated carbocycles. The Morgan fingerprint density at radius 3 is 2.16 bits per heavy atom. The van der Waals surface area contributed by atoms with E-state index in [-0.39, 0.29) is 11.7 Å². The lowest BCUT2D eigenvalue weighted by atomic mass is 10.2. The van der Waals surface area contributed by atoms with Gasteiger partial charge in [-0.15, -0.1) is 0 Å². The van der Waals surface area contributed by atoms with Gasteiger partial charge in [0.2, 0.25) is 0 Å². The second kappa shape index (κ2) is 7.79. The van der Waals surface area contributed by atoms with Crippen molar-refractivity contribution >= 4 is 23.5 Å². The maximum atomic E-state index is 11.9. The molecule has 0 saturated heterocycles. The minimum atomic E-state index is -0.335.